The van der Waals surface area contributed by atoms with E-state index in [9.17, 15) is 0 Å². The van der Waals surface area contributed by atoms with Gasteiger partial charge in [0.2, 0.25) is 0 Å². The number of hydrazine groups is 1. The van der Waals surface area contributed by atoms with Gasteiger partial charge in [-0.2, -0.15) is 0 Å². The summed E-state index contributed by atoms with van der Waals surface area (Å²) in [6.07, 6.45) is 3.89. The van der Waals surface area contributed by atoms with Gasteiger partial charge < -0.3 is 5.43 Å². The fraction of sp³-hybridized carbons (Fsp3) is 0.714. The SMILES string of the molecule is C1=CNNC1.CC(C)C. The smallest absolute Gasteiger partial charge is 0.0345 e. The van der Waals surface area contributed by atoms with Crippen LogP contribution in [0.25, 0.3) is 0 Å². The molecular weight excluding hydrogens is 112 g/mol. The van der Waals surface area contributed by atoms with Gasteiger partial charge in [-0.1, -0.05) is 26.8 Å². The van der Waals surface area contributed by atoms with Crippen molar-refractivity contribution in [2.75, 3.05) is 6.54 Å². The van der Waals surface area contributed by atoms with Crippen molar-refractivity contribution in [1.29, 1.82) is 0 Å². The Morgan fingerprint density at radius 1 is 1.33 bits per heavy atom. The average molecular weight is 128 g/mol. The second-order valence-electron chi connectivity index (χ2n) is 2.66. The Labute approximate surface area is 57.3 Å². The maximum absolute atomic E-state index is 2.86. The molecule has 0 saturated heterocycles. The largest absolute Gasteiger partial charge is 0.329 e. The molecular formula is C7H16N2. The third-order valence-corrected chi connectivity index (χ3v) is 0.523. The van der Waals surface area contributed by atoms with Gasteiger partial charge >= 0.3 is 0 Å². The van der Waals surface area contributed by atoms with E-state index < -0.39 is 0 Å². The monoisotopic (exact) mass is 128 g/mol. The topological polar surface area (TPSA) is 24.1 Å². The third kappa shape index (κ3) is 11.2. The summed E-state index contributed by atoms with van der Waals surface area (Å²) >= 11 is 0. The van der Waals surface area contributed by atoms with Gasteiger partial charge in [-0.3, -0.25) is 0 Å². The van der Waals surface area contributed by atoms with Crippen LogP contribution < -0.4 is 10.9 Å². The van der Waals surface area contributed by atoms with Crippen molar-refractivity contribution in [1.82, 2.24) is 10.9 Å². The summed E-state index contributed by atoms with van der Waals surface area (Å²) in [5, 5.41) is 0. The lowest BCUT2D eigenvalue weighted by Crippen LogP contribution is -2.19. The van der Waals surface area contributed by atoms with E-state index >= 15 is 0 Å². The van der Waals surface area contributed by atoms with E-state index in [2.05, 4.69) is 31.6 Å². The number of hydrogen-bond acceptors (Lipinski definition) is 2. The first-order chi connectivity index (χ1) is 4.23. The Balaban J connectivity index is 0.000000148. The molecule has 0 saturated carbocycles. The number of rotatable bonds is 0. The molecule has 0 bridgehead atoms. The Morgan fingerprint density at radius 3 is 2.00 bits per heavy atom. The zero-order valence-corrected chi connectivity index (χ0v) is 6.44. The van der Waals surface area contributed by atoms with Crippen molar-refractivity contribution in [3.05, 3.63) is 12.3 Å². The Morgan fingerprint density at radius 2 is 1.89 bits per heavy atom. The minimum atomic E-state index is 0.833. The summed E-state index contributed by atoms with van der Waals surface area (Å²) < 4.78 is 0. The number of hydrogen-bond donors (Lipinski definition) is 2. The molecule has 0 fully saturated rings. The van der Waals surface area contributed by atoms with Gasteiger partial charge in [-0.15, -0.1) is 0 Å². The molecule has 9 heavy (non-hydrogen) atoms. The molecule has 2 N–H and O–H groups in total. The molecule has 2 nitrogen and oxygen atoms in total. The predicted octanol–water partition coefficient (Wildman–Crippen LogP) is 1.27. The summed E-state index contributed by atoms with van der Waals surface area (Å²) in [5.41, 5.74) is 5.65. The molecule has 0 aromatic carbocycles. The highest BCUT2D eigenvalue weighted by Crippen LogP contribution is 1.81. The van der Waals surface area contributed by atoms with Gasteiger partial charge in [0.1, 0.15) is 0 Å². The van der Waals surface area contributed by atoms with Crippen LogP contribution in [0.2, 0.25) is 0 Å². The fourth-order valence-electron chi connectivity index (χ4n) is 0.295. The molecule has 1 rings (SSSR count). The zero-order chi connectivity index (χ0) is 7.11. The molecule has 0 spiro atoms. The van der Waals surface area contributed by atoms with E-state index in [1.807, 2.05) is 12.3 Å². The van der Waals surface area contributed by atoms with Crippen molar-refractivity contribution in [2.45, 2.75) is 20.8 Å². The summed E-state index contributed by atoms with van der Waals surface area (Å²) in [7, 11) is 0. The highest BCUT2D eigenvalue weighted by molar-refractivity contribution is 4.85. The first-order valence-electron chi connectivity index (χ1n) is 3.37. The fourth-order valence-corrected chi connectivity index (χ4v) is 0.295. The van der Waals surface area contributed by atoms with Gasteiger partial charge in [0.05, 0.1) is 0 Å². The van der Waals surface area contributed by atoms with Crippen LogP contribution in [0, 0.1) is 5.92 Å². The lowest BCUT2D eigenvalue weighted by Gasteiger charge is -1.83. The maximum Gasteiger partial charge on any atom is 0.0345 e. The van der Waals surface area contributed by atoms with Crippen LogP contribution in [-0.2, 0) is 0 Å². The van der Waals surface area contributed by atoms with E-state index in [1.165, 1.54) is 0 Å². The molecule has 0 aromatic heterocycles. The maximum atomic E-state index is 2.86. The summed E-state index contributed by atoms with van der Waals surface area (Å²) in [6, 6.07) is 0. The Kier molecular flexibility index (Phi) is 5.32. The minimum Gasteiger partial charge on any atom is -0.329 e. The van der Waals surface area contributed by atoms with Gasteiger partial charge in [-0.05, 0) is 5.92 Å². The molecule has 0 unspecified atom stereocenters. The normalized spacial score (nSPS) is 14.7. The average Bonchev–Trinajstić information content (AvgIpc) is 2.11. The van der Waals surface area contributed by atoms with Gasteiger partial charge in [-0.25, -0.2) is 5.43 Å². The van der Waals surface area contributed by atoms with Crippen LogP contribution in [0.15, 0.2) is 12.3 Å². The van der Waals surface area contributed by atoms with E-state index in [0.29, 0.717) is 0 Å². The van der Waals surface area contributed by atoms with Crippen molar-refractivity contribution in [3.63, 3.8) is 0 Å². The van der Waals surface area contributed by atoms with Crippen LogP contribution in [0.4, 0.5) is 0 Å². The van der Waals surface area contributed by atoms with Crippen molar-refractivity contribution >= 4 is 0 Å². The predicted molar refractivity (Wildman–Crippen MR) is 40.8 cm³/mol. The molecule has 1 aliphatic rings. The second-order valence-corrected chi connectivity index (χ2v) is 2.66. The highest BCUT2D eigenvalue weighted by Gasteiger charge is 1.78. The molecule has 1 aliphatic heterocycles. The Hall–Kier alpha value is -0.500. The molecule has 2 heteroatoms. The van der Waals surface area contributed by atoms with Crippen LogP contribution in [0.3, 0.4) is 0 Å². The molecule has 0 aromatic rings. The van der Waals surface area contributed by atoms with Crippen LogP contribution in [0.1, 0.15) is 20.8 Å². The lowest BCUT2D eigenvalue weighted by molar-refractivity contribution is 0.727. The number of nitrogens with one attached hydrogen (secondary N) is 2. The van der Waals surface area contributed by atoms with Crippen molar-refractivity contribution < 1.29 is 0 Å². The Bertz CT molecular complexity index is 68.2. The quantitative estimate of drug-likeness (QED) is 0.513. The van der Waals surface area contributed by atoms with Crippen LogP contribution >= 0.6 is 0 Å². The van der Waals surface area contributed by atoms with E-state index in [-0.39, 0.29) is 0 Å². The minimum absolute atomic E-state index is 0.833. The summed E-state index contributed by atoms with van der Waals surface area (Å²) in [5.74, 6) is 0.833. The standard InChI is InChI=1S/C4H10.C3H6N2/c1-4(2)3;1-2-4-5-3-1/h4H,1-3H3;1-2,4-5H,3H2. The van der Waals surface area contributed by atoms with Gasteiger partial charge in [0.25, 0.3) is 0 Å². The van der Waals surface area contributed by atoms with Crippen LogP contribution in [-0.4, -0.2) is 6.54 Å². The zero-order valence-electron chi connectivity index (χ0n) is 6.44. The van der Waals surface area contributed by atoms with Crippen molar-refractivity contribution in [2.24, 2.45) is 5.92 Å². The second kappa shape index (κ2) is 5.63. The van der Waals surface area contributed by atoms with Crippen LogP contribution in [0.5, 0.6) is 0 Å². The molecule has 1 heterocycles. The van der Waals surface area contributed by atoms with E-state index in [4.69, 9.17) is 0 Å². The van der Waals surface area contributed by atoms with Gasteiger partial charge in [0, 0.05) is 12.7 Å². The van der Waals surface area contributed by atoms with Crippen molar-refractivity contribution in [3.8, 4) is 0 Å². The van der Waals surface area contributed by atoms with Gasteiger partial charge in [0.15, 0.2) is 0 Å². The third-order valence-electron chi connectivity index (χ3n) is 0.523. The molecule has 54 valence electrons. The first kappa shape index (κ1) is 8.50. The summed E-state index contributed by atoms with van der Waals surface area (Å²) in [6.45, 7) is 7.46. The molecule has 0 radical (unpaired) electrons. The molecule has 0 aliphatic carbocycles. The van der Waals surface area contributed by atoms with E-state index in [0.717, 1.165) is 12.5 Å². The summed E-state index contributed by atoms with van der Waals surface area (Å²) in [4.78, 5) is 0. The molecule has 0 atom stereocenters. The lowest BCUT2D eigenvalue weighted by atomic mass is 10.3. The first-order valence-corrected chi connectivity index (χ1v) is 3.37. The van der Waals surface area contributed by atoms with E-state index in [1.54, 1.807) is 0 Å². The molecule has 0 amide bonds. The highest BCUT2D eigenvalue weighted by atomic mass is 15.4.